The van der Waals surface area contributed by atoms with E-state index >= 15 is 0 Å². The highest BCUT2D eigenvalue weighted by molar-refractivity contribution is 5.87. The van der Waals surface area contributed by atoms with Gasteiger partial charge in [0.1, 0.15) is 6.04 Å². The van der Waals surface area contributed by atoms with Gasteiger partial charge in [0.25, 0.3) is 0 Å². The predicted octanol–water partition coefficient (Wildman–Crippen LogP) is 2.45. The van der Waals surface area contributed by atoms with Crippen molar-refractivity contribution in [2.24, 2.45) is 0 Å². The van der Waals surface area contributed by atoms with Crippen LogP contribution in [0.3, 0.4) is 0 Å². The Kier molecular flexibility index (Phi) is 5.41. The molecular weight excluding hydrogens is 278 g/mol. The van der Waals surface area contributed by atoms with Gasteiger partial charge in [0, 0.05) is 6.54 Å². The minimum absolute atomic E-state index is 0.102. The van der Waals surface area contributed by atoms with E-state index in [2.05, 4.69) is 41.9 Å². The summed E-state index contributed by atoms with van der Waals surface area (Å²) in [4.78, 5) is 23.6. The molecule has 0 spiro atoms. The fourth-order valence-electron chi connectivity index (χ4n) is 2.56. The molecule has 5 heteroatoms. The molecule has 3 N–H and O–H groups in total. The van der Waals surface area contributed by atoms with Crippen molar-refractivity contribution in [1.29, 1.82) is 0 Å². The minimum Gasteiger partial charge on any atom is -0.354 e. The van der Waals surface area contributed by atoms with E-state index in [9.17, 15) is 9.59 Å². The number of rotatable bonds is 4. The molecule has 120 valence electrons. The minimum atomic E-state index is -0.427. The second kappa shape index (κ2) is 7.29. The molecular formula is C17H25N3O2. The average Bonchev–Trinajstić information content (AvgIpc) is 2.49. The van der Waals surface area contributed by atoms with Crippen molar-refractivity contribution in [1.82, 2.24) is 16.0 Å². The normalized spacial score (nSPS) is 19.5. The van der Waals surface area contributed by atoms with Crippen molar-refractivity contribution in [3.8, 4) is 0 Å². The first kappa shape index (κ1) is 16.3. The molecule has 0 saturated carbocycles. The van der Waals surface area contributed by atoms with Gasteiger partial charge in [-0.3, -0.25) is 4.79 Å². The number of nitrogens with one attached hydrogen (secondary N) is 3. The van der Waals surface area contributed by atoms with Crippen LogP contribution in [0.1, 0.15) is 56.7 Å². The Morgan fingerprint density at radius 3 is 2.41 bits per heavy atom. The number of piperidine rings is 1. The predicted molar refractivity (Wildman–Crippen MR) is 86.6 cm³/mol. The standard InChI is InChI=1S/C17H25N3O2/c1-11(2)13-6-8-14(9-7-13)12(3)19-17(22)20-15-5-4-10-18-16(15)21/h6-9,11-12,15H,4-5,10H2,1-3H3,(H,18,21)(H2,19,20,22). The molecule has 1 heterocycles. The Bertz CT molecular complexity index is 525. The number of carbonyl (C=O) groups is 2. The van der Waals surface area contributed by atoms with E-state index in [1.165, 1.54) is 5.56 Å². The van der Waals surface area contributed by atoms with E-state index in [1.54, 1.807) is 0 Å². The summed E-state index contributed by atoms with van der Waals surface area (Å²) >= 11 is 0. The van der Waals surface area contributed by atoms with Gasteiger partial charge in [-0.25, -0.2) is 4.79 Å². The molecule has 0 bridgehead atoms. The van der Waals surface area contributed by atoms with E-state index in [0.29, 0.717) is 18.9 Å². The van der Waals surface area contributed by atoms with Crippen molar-refractivity contribution in [3.05, 3.63) is 35.4 Å². The summed E-state index contributed by atoms with van der Waals surface area (Å²) in [6, 6.07) is 7.41. The monoisotopic (exact) mass is 303 g/mol. The zero-order valence-electron chi connectivity index (χ0n) is 13.5. The molecule has 3 amide bonds. The quantitative estimate of drug-likeness (QED) is 0.799. The number of amides is 3. The van der Waals surface area contributed by atoms with Crippen LogP contribution in [-0.4, -0.2) is 24.5 Å². The van der Waals surface area contributed by atoms with Gasteiger partial charge in [-0.15, -0.1) is 0 Å². The third-order valence-electron chi connectivity index (χ3n) is 4.04. The first-order chi connectivity index (χ1) is 10.5. The van der Waals surface area contributed by atoms with Gasteiger partial charge in [-0.2, -0.15) is 0 Å². The van der Waals surface area contributed by atoms with Crippen molar-refractivity contribution in [3.63, 3.8) is 0 Å². The number of carbonyl (C=O) groups excluding carboxylic acids is 2. The zero-order valence-corrected chi connectivity index (χ0v) is 13.5. The largest absolute Gasteiger partial charge is 0.354 e. The summed E-state index contributed by atoms with van der Waals surface area (Å²) in [7, 11) is 0. The summed E-state index contributed by atoms with van der Waals surface area (Å²) < 4.78 is 0. The number of hydrogen-bond donors (Lipinski definition) is 3. The van der Waals surface area contributed by atoms with E-state index in [4.69, 9.17) is 0 Å². The summed E-state index contributed by atoms with van der Waals surface area (Å²) in [5, 5.41) is 8.38. The second-order valence-electron chi connectivity index (χ2n) is 6.15. The molecule has 5 nitrogen and oxygen atoms in total. The Balaban J connectivity index is 1.89. The molecule has 1 aliphatic rings. The first-order valence-corrected chi connectivity index (χ1v) is 7.92. The Labute approximate surface area is 131 Å². The lowest BCUT2D eigenvalue weighted by atomic mass is 10.00. The van der Waals surface area contributed by atoms with Gasteiger partial charge in [-0.05, 0) is 36.8 Å². The van der Waals surface area contributed by atoms with E-state index in [0.717, 1.165) is 12.0 Å². The zero-order chi connectivity index (χ0) is 16.1. The maximum absolute atomic E-state index is 12.0. The molecule has 2 unspecified atom stereocenters. The summed E-state index contributed by atoms with van der Waals surface area (Å²) in [5.41, 5.74) is 2.33. The van der Waals surface area contributed by atoms with Crippen molar-refractivity contribution < 1.29 is 9.59 Å². The van der Waals surface area contributed by atoms with Gasteiger partial charge >= 0.3 is 6.03 Å². The van der Waals surface area contributed by atoms with Crippen LogP contribution in [0, 0.1) is 0 Å². The van der Waals surface area contributed by atoms with Crippen molar-refractivity contribution in [2.45, 2.75) is 51.6 Å². The Morgan fingerprint density at radius 1 is 1.18 bits per heavy atom. The van der Waals surface area contributed by atoms with Crippen molar-refractivity contribution in [2.75, 3.05) is 6.54 Å². The van der Waals surface area contributed by atoms with Gasteiger partial charge in [0.2, 0.25) is 5.91 Å². The van der Waals surface area contributed by atoms with Crippen LogP contribution in [0.2, 0.25) is 0 Å². The summed E-state index contributed by atoms with van der Waals surface area (Å²) in [6.07, 6.45) is 1.58. The highest BCUT2D eigenvalue weighted by Crippen LogP contribution is 2.18. The SMILES string of the molecule is CC(C)c1ccc(C(C)NC(=O)NC2CCCNC2=O)cc1. The summed E-state index contributed by atoms with van der Waals surface area (Å²) in [5.74, 6) is 0.390. The third-order valence-corrected chi connectivity index (χ3v) is 4.04. The molecule has 2 rings (SSSR count). The lowest BCUT2D eigenvalue weighted by molar-refractivity contribution is -0.124. The summed E-state index contributed by atoms with van der Waals surface area (Å²) in [6.45, 7) is 6.93. The van der Waals surface area contributed by atoms with E-state index in [1.807, 2.05) is 19.1 Å². The van der Waals surface area contributed by atoms with E-state index < -0.39 is 6.04 Å². The topological polar surface area (TPSA) is 70.2 Å². The van der Waals surface area contributed by atoms with Crippen LogP contribution in [-0.2, 0) is 4.79 Å². The van der Waals surface area contributed by atoms with Crippen LogP contribution in [0.5, 0.6) is 0 Å². The molecule has 2 atom stereocenters. The van der Waals surface area contributed by atoms with Crippen LogP contribution in [0.4, 0.5) is 4.79 Å². The van der Waals surface area contributed by atoms with Crippen LogP contribution >= 0.6 is 0 Å². The average molecular weight is 303 g/mol. The van der Waals surface area contributed by atoms with Crippen LogP contribution in [0.15, 0.2) is 24.3 Å². The molecule has 1 aliphatic heterocycles. The van der Waals surface area contributed by atoms with Crippen LogP contribution < -0.4 is 16.0 Å². The van der Waals surface area contributed by atoms with Gasteiger partial charge < -0.3 is 16.0 Å². The molecule has 0 aromatic heterocycles. The Hall–Kier alpha value is -2.04. The molecule has 0 aliphatic carbocycles. The number of hydrogen-bond acceptors (Lipinski definition) is 2. The van der Waals surface area contributed by atoms with E-state index in [-0.39, 0.29) is 18.0 Å². The smallest absolute Gasteiger partial charge is 0.315 e. The van der Waals surface area contributed by atoms with Crippen molar-refractivity contribution >= 4 is 11.9 Å². The Morgan fingerprint density at radius 2 is 1.82 bits per heavy atom. The molecule has 0 radical (unpaired) electrons. The maximum atomic E-state index is 12.0. The van der Waals surface area contributed by atoms with Crippen LogP contribution in [0.25, 0.3) is 0 Å². The molecule has 1 saturated heterocycles. The number of urea groups is 1. The lowest BCUT2D eigenvalue weighted by Gasteiger charge is -2.24. The third kappa shape index (κ3) is 4.23. The van der Waals surface area contributed by atoms with Gasteiger partial charge in [0.05, 0.1) is 6.04 Å². The first-order valence-electron chi connectivity index (χ1n) is 7.92. The maximum Gasteiger partial charge on any atom is 0.315 e. The molecule has 22 heavy (non-hydrogen) atoms. The second-order valence-corrected chi connectivity index (χ2v) is 6.15. The fourth-order valence-corrected chi connectivity index (χ4v) is 2.56. The molecule has 1 aromatic rings. The number of benzene rings is 1. The molecule has 1 aromatic carbocycles. The molecule has 1 fully saturated rings. The lowest BCUT2D eigenvalue weighted by Crippen LogP contribution is -2.52. The van der Waals surface area contributed by atoms with Gasteiger partial charge in [-0.1, -0.05) is 38.1 Å². The highest BCUT2D eigenvalue weighted by atomic mass is 16.2. The highest BCUT2D eigenvalue weighted by Gasteiger charge is 2.24. The fraction of sp³-hybridized carbons (Fsp3) is 0.529. The van der Waals surface area contributed by atoms with Gasteiger partial charge in [0.15, 0.2) is 0 Å².